The van der Waals surface area contributed by atoms with E-state index in [4.69, 9.17) is 5.11 Å². The Morgan fingerprint density at radius 3 is 2.21 bits per heavy atom. The Morgan fingerprint density at radius 2 is 1.58 bits per heavy atom. The van der Waals surface area contributed by atoms with Crippen molar-refractivity contribution >= 4 is 16.3 Å². The first-order chi connectivity index (χ1) is 9.25. The average Bonchev–Trinajstić information content (AvgIpc) is 2.81. The highest BCUT2D eigenvalue weighted by Crippen LogP contribution is 2.34. The summed E-state index contributed by atoms with van der Waals surface area (Å²) in [7, 11) is 1.00. The first-order valence-corrected chi connectivity index (χ1v) is 6.56. The molecule has 0 saturated carbocycles. The van der Waals surface area contributed by atoms with E-state index in [1.54, 1.807) is 0 Å². The summed E-state index contributed by atoms with van der Waals surface area (Å²) < 4.78 is 0. The third kappa shape index (κ3) is 2.61. The van der Waals surface area contributed by atoms with Crippen LogP contribution in [0.2, 0.25) is 0 Å². The maximum absolute atomic E-state index is 7.00. The largest absolute Gasteiger partial charge is 0.400 e. The van der Waals surface area contributed by atoms with Crippen LogP contribution >= 0.6 is 0 Å². The van der Waals surface area contributed by atoms with Gasteiger partial charge in [-0.25, -0.2) is 0 Å². The zero-order valence-corrected chi connectivity index (χ0v) is 11.8. The fourth-order valence-corrected chi connectivity index (χ4v) is 2.51. The quantitative estimate of drug-likeness (QED) is 0.788. The molecule has 0 heterocycles. The van der Waals surface area contributed by atoms with Gasteiger partial charge in [-0.05, 0) is 53.8 Å². The van der Waals surface area contributed by atoms with Gasteiger partial charge in [-0.1, -0.05) is 48.0 Å². The molecule has 0 aliphatic heterocycles. The summed E-state index contributed by atoms with van der Waals surface area (Å²) in [5, 5.41) is 9.65. The Kier molecular flexibility index (Phi) is 4.18. The van der Waals surface area contributed by atoms with Crippen molar-refractivity contribution < 1.29 is 5.11 Å². The van der Waals surface area contributed by atoms with Crippen LogP contribution in [0, 0.1) is 0 Å². The molecule has 1 nitrogen and oxygen atoms in total. The SMILES string of the molecule is CC1=CCC(c2ccc3ccccc3c2)=C1C.CO. The smallest absolute Gasteiger partial charge is 0.0319 e. The van der Waals surface area contributed by atoms with Gasteiger partial charge in [-0.3, -0.25) is 0 Å². The summed E-state index contributed by atoms with van der Waals surface area (Å²) in [5.74, 6) is 0. The standard InChI is InChI=1S/C17H16.CH4O/c1-12-7-10-17(13(12)2)16-9-8-14-5-3-4-6-15(14)11-16;1-2/h3-9,11H,10H2,1-2H3;2H,1H3. The molecule has 0 spiro atoms. The number of fused-ring (bicyclic) bond motifs is 1. The van der Waals surface area contributed by atoms with E-state index in [1.165, 1.54) is 33.1 Å². The van der Waals surface area contributed by atoms with Crippen molar-refractivity contribution in [3.8, 4) is 0 Å². The zero-order valence-electron chi connectivity index (χ0n) is 11.8. The van der Waals surface area contributed by atoms with Gasteiger partial charge in [0.15, 0.2) is 0 Å². The molecule has 1 heteroatoms. The van der Waals surface area contributed by atoms with Crippen molar-refractivity contribution in [2.24, 2.45) is 0 Å². The van der Waals surface area contributed by atoms with E-state index in [-0.39, 0.29) is 0 Å². The number of hydrogen-bond acceptors (Lipinski definition) is 1. The molecule has 0 fully saturated rings. The topological polar surface area (TPSA) is 20.2 Å². The maximum Gasteiger partial charge on any atom is 0.0319 e. The van der Waals surface area contributed by atoms with Crippen molar-refractivity contribution in [2.45, 2.75) is 20.3 Å². The van der Waals surface area contributed by atoms with E-state index >= 15 is 0 Å². The van der Waals surface area contributed by atoms with Crippen molar-refractivity contribution in [1.82, 2.24) is 0 Å². The lowest BCUT2D eigenvalue weighted by atomic mass is 9.98. The molecule has 2 aromatic rings. The van der Waals surface area contributed by atoms with Crippen LogP contribution in [0.15, 0.2) is 59.7 Å². The predicted octanol–water partition coefficient (Wildman–Crippen LogP) is 4.57. The molecule has 1 aliphatic rings. The van der Waals surface area contributed by atoms with E-state index in [0.717, 1.165) is 13.5 Å². The molecule has 1 aliphatic carbocycles. The number of rotatable bonds is 1. The van der Waals surface area contributed by atoms with Gasteiger partial charge in [-0.15, -0.1) is 0 Å². The summed E-state index contributed by atoms with van der Waals surface area (Å²) >= 11 is 0. The van der Waals surface area contributed by atoms with Crippen LogP contribution < -0.4 is 0 Å². The van der Waals surface area contributed by atoms with E-state index in [0.29, 0.717) is 0 Å². The second-order valence-electron chi connectivity index (χ2n) is 4.76. The van der Waals surface area contributed by atoms with Gasteiger partial charge in [-0.2, -0.15) is 0 Å². The lowest BCUT2D eigenvalue weighted by molar-refractivity contribution is 0.399. The van der Waals surface area contributed by atoms with Crippen LogP contribution in [-0.4, -0.2) is 12.2 Å². The van der Waals surface area contributed by atoms with Gasteiger partial charge in [0.1, 0.15) is 0 Å². The van der Waals surface area contributed by atoms with Crippen LogP contribution in [-0.2, 0) is 0 Å². The van der Waals surface area contributed by atoms with E-state index in [9.17, 15) is 0 Å². The molecule has 0 bridgehead atoms. The Bertz CT molecular complexity index is 648. The summed E-state index contributed by atoms with van der Waals surface area (Å²) in [6.07, 6.45) is 3.40. The van der Waals surface area contributed by atoms with Crippen LogP contribution in [0.1, 0.15) is 25.8 Å². The summed E-state index contributed by atoms with van der Waals surface area (Å²) in [6, 6.07) is 15.3. The molecular weight excluding hydrogens is 232 g/mol. The number of allylic oxidation sites excluding steroid dienone is 4. The van der Waals surface area contributed by atoms with Gasteiger partial charge in [0, 0.05) is 7.11 Å². The first-order valence-electron chi connectivity index (χ1n) is 6.56. The van der Waals surface area contributed by atoms with Gasteiger partial charge in [0.05, 0.1) is 0 Å². The first kappa shape index (κ1) is 13.6. The normalized spacial score (nSPS) is 14.2. The Balaban J connectivity index is 0.000000637. The number of aliphatic hydroxyl groups is 1. The van der Waals surface area contributed by atoms with Gasteiger partial charge in [0.25, 0.3) is 0 Å². The van der Waals surface area contributed by atoms with E-state index in [2.05, 4.69) is 62.4 Å². The van der Waals surface area contributed by atoms with Crippen molar-refractivity contribution in [2.75, 3.05) is 7.11 Å². The molecule has 19 heavy (non-hydrogen) atoms. The minimum Gasteiger partial charge on any atom is -0.400 e. The molecule has 0 saturated heterocycles. The van der Waals surface area contributed by atoms with Gasteiger partial charge in [0.2, 0.25) is 0 Å². The molecular formula is C18H20O. The minimum atomic E-state index is 1.00. The van der Waals surface area contributed by atoms with Crippen LogP contribution in [0.4, 0.5) is 0 Å². The highest BCUT2D eigenvalue weighted by atomic mass is 16.2. The third-order valence-electron chi connectivity index (χ3n) is 3.75. The van der Waals surface area contributed by atoms with Gasteiger partial charge >= 0.3 is 0 Å². The van der Waals surface area contributed by atoms with Crippen LogP contribution in [0.25, 0.3) is 16.3 Å². The summed E-state index contributed by atoms with van der Waals surface area (Å²) in [6.45, 7) is 4.42. The Hall–Kier alpha value is -1.86. The zero-order chi connectivity index (χ0) is 13.8. The Labute approximate surface area is 114 Å². The molecule has 0 aromatic heterocycles. The number of benzene rings is 2. The average molecular weight is 252 g/mol. The maximum atomic E-state index is 7.00. The second-order valence-corrected chi connectivity index (χ2v) is 4.76. The number of aliphatic hydroxyl groups excluding tert-OH is 1. The molecule has 2 aromatic carbocycles. The molecule has 0 unspecified atom stereocenters. The molecule has 0 atom stereocenters. The lowest BCUT2D eigenvalue weighted by Crippen LogP contribution is -1.85. The molecule has 0 radical (unpaired) electrons. The number of hydrogen-bond donors (Lipinski definition) is 1. The highest BCUT2D eigenvalue weighted by Gasteiger charge is 2.12. The fourth-order valence-electron chi connectivity index (χ4n) is 2.51. The van der Waals surface area contributed by atoms with Crippen molar-refractivity contribution in [3.63, 3.8) is 0 Å². The third-order valence-corrected chi connectivity index (χ3v) is 3.75. The van der Waals surface area contributed by atoms with Crippen LogP contribution in [0.3, 0.4) is 0 Å². The van der Waals surface area contributed by atoms with E-state index in [1.807, 2.05) is 0 Å². The van der Waals surface area contributed by atoms with Crippen molar-refractivity contribution in [3.05, 3.63) is 65.3 Å². The second kappa shape index (κ2) is 5.85. The predicted molar refractivity (Wildman–Crippen MR) is 83.1 cm³/mol. The molecule has 0 amide bonds. The minimum absolute atomic E-state index is 1.00. The fraction of sp³-hybridized carbons (Fsp3) is 0.222. The summed E-state index contributed by atoms with van der Waals surface area (Å²) in [4.78, 5) is 0. The van der Waals surface area contributed by atoms with E-state index < -0.39 is 0 Å². The van der Waals surface area contributed by atoms with Crippen molar-refractivity contribution in [1.29, 1.82) is 0 Å². The monoisotopic (exact) mass is 252 g/mol. The molecule has 3 rings (SSSR count). The molecule has 1 N–H and O–H groups in total. The highest BCUT2D eigenvalue weighted by molar-refractivity contribution is 5.88. The lowest BCUT2D eigenvalue weighted by Gasteiger charge is -2.07. The molecule has 98 valence electrons. The summed E-state index contributed by atoms with van der Waals surface area (Å²) in [5.41, 5.74) is 5.72. The Morgan fingerprint density at radius 1 is 0.895 bits per heavy atom. The van der Waals surface area contributed by atoms with Crippen LogP contribution in [0.5, 0.6) is 0 Å². The van der Waals surface area contributed by atoms with Gasteiger partial charge < -0.3 is 5.11 Å².